The molecule has 2 N–H and O–H groups in total. The number of imidazole rings is 1. The fourth-order valence-corrected chi connectivity index (χ4v) is 1.87. The summed E-state index contributed by atoms with van der Waals surface area (Å²) in [7, 11) is 0. The molecule has 1 aromatic heterocycles. The summed E-state index contributed by atoms with van der Waals surface area (Å²) in [5, 5.41) is 11.9. The molecule has 0 amide bonds. The maximum Gasteiger partial charge on any atom is 0.204 e. The van der Waals surface area contributed by atoms with E-state index in [0.717, 1.165) is 11.0 Å². The van der Waals surface area contributed by atoms with Gasteiger partial charge in [0.25, 0.3) is 0 Å². The van der Waals surface area contributed by atoms with Crippen molar-refractivity contribution in [2.24, 2.45) is 0 Å². The Bertz CT molecular complexity index is 548. The number of ketones is 1. The second-order valence-corrected chi connectivity index (χ2v) is 4.22. The zero-order valence-corrected chi connectivity index (χ0v) is 10.4. The Hall–Kier alpha value is -1.88. The highest BCUT2D eigenvalue weighted by molar-refractivity contribution is 5.82. The number of benzene rings is 1. The molecule has 0 radical (unpaired) electrons. The quantitative estimate of drug-likeness (QED) is 0.758. The molecule has 0 saturated carbocycles. The number of aliphatic hydroxyl groups excluding tert-OH is 1. The Morgan fingerprint density at radius 1 is 1.44 bits per heavy atom. The van der Waals surface area contributed by atoms with Gasteiger partial charge in [-0.3, -0.25) is 4.79 Å². The predicted octanol–water partition coefficient (Wildman–Crippen LogP) is 1.42. The fraction of sp³-hybridized carbons (Fsp3) is 0.385. The molecular formula is C13H17N3O2. The number of para-hydroxylation sites is 2. The number of aliphatic hydroxyl groups is 1. The fourth-order valence-electron chi connectivity index (χ4n) is 1.87. The number of hydrogen-bond acceptors (Lipinski definition) is 4. The van der Waals surface area contributed by atoms with E-state index in [4.69, 9.17) is 5.11 Å². The van der Waals surface area contributed by atoms with Gasteiger partial charge in [0.2, 0.25) is 5.95 Å². The number of anilines is 1. The minimum absolute atomic E-state index is 0.0864. The average Bonchev–Trinajstić information content (AvgIpc) is 2.68. The predicted molar refractivity (Wildman–Crippen MR) is 70.6 cm³/mol. The number of aromatic nitrogens is 2. The van der Waals surface area contributed by atoms with Gasteiger partial charge in [0.05, 0.1) is 17.6 Å². The zero-order chi connectivity index (χ0) is 13.0. The van der Waals surface area contributed by atoms with Crippen molar-refractivity contribution in [3.63, 3.8) is 0 Å². The van der Waals surface area contributed by atoms with E-state index in [1.165, 1.54) is 0 Å². The van der Waals surface area contributed by atoms with Gasteiger partial charge in [0.1, 0.15) is 5.78 Å². The van der Waals surface area contributed by atoms with Crippen LogP contribution in [-0.2, 0) is 11.3 Å². The molecule has 18 heavy (non-hydrogen) atoms. The third-order valence-corrected chi connectivity index (χ3v) is 2.65. The van der Waals surface area contributed by atoms with Crippen LogP contribution in [0.1, 0.15) is 13.3 Å². The highest BCUT2D eigenvalue weighted by atomic mass is 16.3. The average molecular weight is 247 g/mol. The molecule has 5 nitrogen and oxygen atoms in total. The molecule has 1 heterocycles. The van der Waals surface area contributed by atoms with E-state index >= 15 is 0 Å². The maximum absolute atomic E-state index is 11.3. The molecule has 0 saturated heterocycles. The van der Waals surface area contributed by atoms with E-state index in [-0.39, 0.29) is 12.4 Å². The van der Waals surface area contributed by atoms with E-state index in [1.807, 2.05) is 28.8 Å². The number of fused-ring (bicyclic) bond motifs is 1. The van der Waals surface area contributed by atoms with Gasteiger partial charge in [-0.05, 0) is 25.5 Å². The number of carbonyl (C=O) groups excluding carboxylic acids is 1. The Kier molecular flexibility index (Phi) is 3.94. The lowest BCUT2D eigenvalue weighted by Crippen LogP contribution is -2.13. The summed E-state index contributed by atoms with van der Waals surface area (Å²) >= 11 is 0. The van der Waals surface area contributed by atoms with Crippen LogP contribution in [0, 0.1) is 0 Å². The highest BCUT2D eigenvalue weighted by Crippen LogP contribution is 2.19. The van der Waals surface area contributed by atoms with Crippen molar-refractivity contribution in [3.05, 3.63) is 24.3 Å². The molecule has 96 valence electrons. The van der Waals surface area contributed by atoms with Crippen LogP contribution in [0.4, 0.5) is 5.95 Å². The number of rotatable bonds is 6. The van der Waals surface area contributed by atoms with Crippen LogP contribution in [0.2, 0.25) is 0 Å². The number of carbonyl (C=O) groups is 1. The van der Waals surface area contributed by atoms with Crippen LogP contribution >= 0.6 is 0 Å². The van der Waals surface area contributed by atoms with Crippen LogP contribution in [0.3, 0.4) is 0 Å². The van der Waals surface area contributed by atoms with Crippen LogP contribution in [0.5, 0.6) is 0 Å². The standard InChI is InChI=1S/C13H17N3O2/c1-10(18)9-16-12-6-3-2-5-11(12)15-13(16)14-7-4-8-17/h2-3,5-6,17H,4,7-9H2,1H3,(H,14,15). The number of Topliss-reactive ketones (excluding diaryl/α,β-unsaturated/α-hetero) is 1. The van der Waals surface area contributed by atoms with Crippen molar-refractivity contribution in [1.29, 1.82) is 0 Å². The van der Waals surface area contributed by atoms with Gasteiger partial charge in [-0.25, -0.2) is 4.98 Å². The summed E-state index contributed by atoms with van der Waals surface area (Å²) in [5.74, 6) is 0.767. The Balaban J connectivity index is 2.33. The van der Waals surface area contributed by atoms with Gasteiger partial charge in [0, 0.05) is 13.2 Å². The van der Waals surface area contributed by atoms with Crippen LogP contribution in [-0.4, -0.2) is 33.6 Å². The van der Waals surface area contributed by atoms with Gasteiger partial charge >= 0.3 is 0 Å². The lowest BCUT2D eigenvalue weighted by atomic mass is 10.3. The minimum atomic E-state index is 0.0864. The smallest absolute Gasteiger partial charge is 0.204 e. The molecule has 0 spiro atoms. The summed E-state index contributed by atoms with van der Waals surface area (Å²) in [6.45, 7) is 2.64. The van der Waals surface area contributed by atoms with Crippen LogP contribution in [0.15, 0.2) is 24.3 Å². The maximum atomic E-state index is 11.3. The molecule has 0 aliphatic rings. The summed E-state index contributed by atoms with van der Waals surface area (Å²) < 4.78 is 1.87. The molecule has 0 aliphatic carbocycles. The van der Waals surface area contributed by atoms with Gasteiger partial charge in [-0.1, -0.05) is 12.1 Å². The molecular weight excluding hydrogens is 230 g/mol. The molecule has 2 aromatic rings. The number of nitrogens with zero attached hydrogens (tertiary/aromatic N) is 2. The second kappa shape index (κ2) is 5.64. The van der Waals surface area contributed by atoms with Crippen molar-refractivity contribution in [2.75, 3.05) is 18.5 Å². The minimum Gasteiger partial charge on any atom is -0.396 e. The SMILES string of the molecule is CC(=O)Cn1c(NCCCO)nc2ccccc21. The summed E-state index contributed by atoms with van der Waals surface area (Å²) in [6.07, 6.45) is 0.656. The molecule has 0 atom stereocenters. The largest absolute Gasteiger partial charge is 0.396 e. The van der Waals surface area contributed by atoms with Crippen molar-refractivity contribution in [2.45, 2.75) is 19.9 Å². The molecule has 0 bridgehead atoms. The zero-order valence-electron chi connectivity index (χ0n) is 10.4. The Labute approximate surface area is 105 Å². The first-order valence-corrected chi connectivity index (χ1v) is 6.02. The topological polar surface area (TPSA) is 67.2 Å². The molecule has 0 unspecified atom stereocenters. The van der Waals surface area contributed by atoms with E-state index in [2.05, 4.69) is 10.3 Å². The van der Waals surface area contributed by atoms with Gasteiger partial charge < -0.3 is 15.0 Å². The molecule has 0 aliphatic heterocycles. The first kappa shape index (κ1) is 12.6. The van der Waals surface area contributed by atoms with E-state index in [0.29, 0.717) is 25.5 Å². The van der Waals surface area contributed by atoms with Gasteiger partial charge in [0.15, 0.2) is 0 Å². The number of hydrogen-bond donors (Lipinski definition) is 2. The third-order valence-electron chi connectivity index (χ3n) is 2.65. The van der Waals surface area contributed by atoms with Crippen molar-refractivity contribution >= 4 is 22.8 Å². The third kappa shape index (κ3) is 2.68. The molecule has 2 rings (SSSR count). The van der Waals surface area contributed by atoms with E-state index in [9.17, 15) is 4.79 Å². The number of nitrogens with one attached hydrogen (secondary N) is 1. The Morgan fingerprint density at radius 3 is 2.94 bits per heavy atom. The molecule has 1 aromatic carbocycles. The molecule has 0 fully saturated rings. The van der Waals surface area contributed by atoms with E-state index in [1.54, 1.807) is 6.92 Å². The van der Waals surface area contributed by atoms with Crippen LogP contribution < -0.4 is 5.32 Å². The van der Waals surface area contributed by atoms with Gasteiger partial charge in [-0.2, -0.15) is 0 Å². The lowest BCUT2D eigenvalue weighted by molar-refractivity contribution is -0.117. The van der Waals surface area contributed by atoms with E-state index < -0.39 is 0 Å². The lowest BCUT2D eigenvalue weighted by Gasteiger charge is -2.08. The first-order chi connectivity index (χ1) is 8.72. The van der Waals surface area contributed by atoms with Crippen molar-refractivity contribution in [1.82, 2.24) is 9.55 Å². The summed E-state index contributed by atoms with van der Waals surface area (Å²) in [5.41, 5.74) is 1.81. The normalized spacial score (nSPS) is 10.8. The van der Waals surface area contributed by atoms with Crippen LogP contribution in [0.25, 0.3) is 11.0 Å². The monoisotopic (exact) mass is 247 g/mol. The second-order valence-electron chi connectivity index (χ2n) is 4.22. The first-order valence-electron chi connectivity index (χ1n) is 6.02. The van der Waals surface area contributed by atoms with Crippen molar-refractivity contribution in [3.8, 4) is 0 Å². The van der Waals surface area contributed by atoms with Gasteiger partial charge in [-0.15, -0.1) is 0 Å². The summed E-state index contributed by atoms with van der Waals surface area (Å²) in [6, 6.07) is 7.72. The van der Waals surface area contributed by atoms with Crippen molar-refractivity contribution < 1.29 is 9.90 Å². The molecule has 5 heteroatoms. The summed E-state index contributed by atoms with van der Waals surface area (Å²) in [4.78, 5) is 15.8. The Morgan fingerprint density at radius 2 is 2.22 bits per heavy atom. The highest BCUT2D eigenvalue weighted by Gasteiger charge is 2.10.